The second-order valence-electron chi connectivity index (χ2n) is 2.36. The Morgan fingerprint density at radius 2 is 2.00 bits per heavy atom. The van der Waals surface area contributed by atoms with Crippen LogP contribution in [-0.4, -0.2) is 11.1 Å². The average molecular weight is 234 g/mol. The van der Waals surface area contributed by atoms with E-state index in [1.807, 2.05) is 0 Å². The van der Waals surface area contributed by atoms with Gasteiger partial charge in [-0.2, -0.15) is 5.10 Å². The lowest BCUT2D eigenvalue weighted by molar-refractivity contribution is -0.385. The van der Waals surface area contributed by atoms with E-state index in [0.29, 0.717) is 0 Å². The number of nitrogens with zero attached hydrogens (tertiary/aromatic N) is 2. The van der Waals surface area contributed by atoms with Gasteiger partial charge in [-0.25, -0.2) is 0 Å². The molecule has 0 aliphatic rings. The van der Waals surface area contributed by atoms with Crippen LogP contribution in [0.4, 0.5) is 5.69 Å². The molecule has 0 radical (unpaired) electrons. The maximum atomic E-state index is 10.6. The van der Waals surface area contributed by atoms with Crippen LogP contribution >= 0.6 is 23.2 Å². The van der Waals surface area contributed by atoms with Crippen LogP contribution in [0.1, 0.15) is 5.56 Å². The zero-order valence-electron chi connectivity index (χ0n) is 6.78. The van der Waals surface area contributed by atoms with Crippen LogP contribution in [0.25, 0.3) is 0 Å². The van der Waals surface area contributed by atoms with Crippen molar-refractivity contribution >= 4 is 35.1 Å². The van der Waals surface area contributed by atoms with E-state index >= 15 is 0 Å². The van der Waals surface area contributed by atoms with Gasteiger partial charge in [0.05, 0.1) is 26.7 Å². The lowest BCUT2D eigenvalue weighted by atomic mass is 10.2. The standard InChI is InChI=1S/C7H5Cl2N3O2/c8-5-1-4(3-11-10)7(12(13)14)2-6(5)9/h1-3H,10H2. The Kier molecular flexibility index (Phi) is 3.27. The van der Waals surface area contributed by atoms with E-state index in [1.165, 1.54) is 6.07 Å². The molecule has 0 aliphatic heterocycles. The molecule has 0 fully saturated rings. The molecule has 2 N–H and O–H groups in total. The maximum Gasteiger partial charge on any atom is 0.279 e. The number of benzene rings is 1. The molecular formula is C7H5Cl2N3O2. The highest BCUT2D eigenvalue weighted by molar-refractivity contribution is 6.42. The fourth-order valence-electron chi connectivity index (χ4n) is 0.894. The highest BCUT2D eigenvalue weighted by Gasteiger charge is 2.15. The fourth-order valence-corrected chi connectivity index (χ4v) is 1.22. The first-order chi connectivity index (χ1) is 6.56. The average Bonchev–Trinajstić information content (AvgIpc) is 2.11. The minimum absolute atomic E-state index is 0.118. The highest BCUT2D eigenvalue weighted by Crippen LogP contribution is 2.29. The first kappa shape index (κ1) is 10.7. The van der Waals surface area contributed by atoms with E-state index in [2.05, 4.69) is 5.10 Å². The summed E-state index contributed by atoms with van der Waals surface area (Å²) >= 11 is 11.3. The quantitative estimate of drug-likeness (QED) is 0.368. The van der Waals surface area contributed by atoms with Crippen LogP contribution in [-0.2, 0) is 0 Å². The van der Waals surface area contributed by atoms with E-state index in [4.69, 9.17) is 29.0 Å². The predicted molar refractivity (Wildman–Crippen MR) is 54.9 cm³/mol. The minimum atomic E-state index is -0.584. The first-order valence-electron chi connectivity index (χ1n) is 3.43. The molecule has 7 heteroatoms. The van der Waals surface area contributed by atoms with Crippen LogP contribution in [0.15, 0.2) is 17.2 Å². The highest BCUT2D eigenvalue weighted by atomic mass is 35.5. The Bertz CT molecular complexity index is 406. The number of hydrogen-bond donors (Lipinski definition) is 1. The Hall–Kier alpha value is -1.33. The summed E-state index contributed by atoms with van der Waals surface area (Å²) in [6.07, 6.45) is 1.14. The molecule has 0 spiro atoms. The summed E-state index contributed by atoms with van der Waals surface area (Å²) in [6.45, 7) is 0. The van der Waals surface area contributed by atoms with Crippen molar-refractivity contribution in [3.05, 3.63) is 37.9 Å². The topological polar surface area (TPSA) is 81.5 Å². The lowest BCUT2D eigenvalue weighted by Gasteiger charge is -1.99. The number of rotatable bonds is 2. The summed E-state index contributed by atoms with van der Waals surface area (Å²) in [6, 6.07) is 2.49. The Labute approximate surface area is 89.3 Å². The normalized spacial score (nSPS) is 10.7. The third kappa shape index (κ3) is 2.12. The van der Waals surface area contributed by atoms with Gasteiger partial charge >= 0.3 is 0 Å². The summed E-state index contributed by atoms with van der Waals surface area (Å²) in [4.78, 5) is 9.98. The van der Waals surface area contributed by atoms with Gasteiger partial charge in [-0.05, 0) is 6.07 Å². The zero-order valence-corrected chi connectivity index (χ0v) is 8.29. The summed E-state index contributed by atoms with van der Waals surface area (Å²) in [5.41, 5.74) is 0.0282. The monoisotopic (exact) mass is 233 g/mol. The molecule has 0 saturated heterocycles. The molecule has 1 aromatic rings. The number of hydrazone groups is 1. The van der Waals surface area contributed by atoms with Gasteiger partial charge in [0.1, 0.15) is 0 Å². The van der Waals surface area contributed by atoms with Crippen molar-refractivity contribution in [1.82, 2.24) is 0 Å². The van der Waals surface area contributed by atoms with Crippen molar-refractivity contribution < 1.29 is 4.92 Å². The van der Waals surface area contributed by atoms with Gasteiger partial charge in [0, 0.05) is 6.07 Å². The van der Waals surface area contributed by atoms with Crippen LogP contribution in [0.2, 0.25) is 10.0 Å². The Morgan fingerprint density at radius 3 is 2.50 bits per heavy atom. The molecular weight excluding hydrogens is 229 g/mol. The number of nitro benzene ring substituents is 1. The van der Waals surface area contributed by atoms with Crippen molar-refractivity contribution in [2.45, 2.75) is 0 Å². The molecule has 0 heterocycles. The number of nitro groups is 1. The Balaban J connectivity index is 3.38. The van der Waals surface area contributed by atoms with E-state index < -0.39 is 4.92 Å². The van der Waals surface area contributed by atoms with Crippen molar-refractivity contribution in [2.24, 2.45) is 10.9 Å². The maximum absolute atomic E-state index is 10.6. The van der Waals surface area contributed by atoms with Crippen LogP contribution in [0.5, 0.6) is 0 Å². The molecule has 74 valence electrons. The summed E-state index contributed by atoms with van der Waals surface area (Å²) < 4.78 is 0. The molecule has 0 bridgehead atoms. The molecule has 0 unspecified atom stereocenters. The van der Waals surface area contributed by atoms with Gasteiger partial charge in [-0.1, -0.05) is 23.2 Å². The molecule has 1 rings (SSSR count). The SMILES string of the molecule is NN=Cc1cc(Cl)c(Cl)cc1[N+](=O)[O-]. The number of hydrogen-bond acceptors (Lipinski definition) is 4. The largest absolute Gasteiger partial charge is 0.323 e. The molecule has 0 saturated carbocycles. The summed E-state index contributed by atoms with van der Waals surface area (Å²) in [7, 11) is 0. The second-order valence-corrected chi connectivity index (χ2v) is 3.17. The molecule has 1 aromatic carbocycles. The van der Waals surface area contributed by atoms with Crippen molar-refractivity contribution in [3.8, 4) is 0 Å². The van der Waals surface area contributed by atoms with Crippen LogP contribution in [0, 0.1) is 10.1 Å². The molecule has 0 aliphatic carbocycles. The van der Waals surface area contributed by atoms with Gasteiger partial charge < -0.3 is 5.84 Å². The fraction of sp³-hybridized carbons (Fsp3) is 0. The van der Waals surface area contributed by atoms with Crippen molar-refractivity contribution in [3.63, 3.8) is 0 Å². The first-order valence-corrected chi connectivity index (χ1v) is 4.18. The van der Waals surface area contributed by atoms with Crippen LogP contribution in [0.3, 0.4) is 0 Å². The molecule has 0 aromatic heterocycles. The van der Waals surface area contributed by atoms with Gasteiger partial charge in [0.2, 0.25) is 0 Å². The molecule has 0 atom stereocenters. The lowest BCUT2D eigenvalue weighted by Crippen LogP contribution is -1.96. The third-order valence-corrected chi connectivity index (χ3v) is 2.20. The predicted octanol–water partition coefficient (Wildman–Crippen LogP) is 2.19. The van der Waals surface area contributed by atoms with Gasteiger partial charge in [0.15, 0.2) is 0 Å². The van der Waals surface area contributed by atoms with Gasteiger partial charge in [-0.3, -0.25) is 10.1 Å². The molecule has 0 amide bonds. The molecule has 14 heavy (non-hydrogen) atoms. The summed E-state index contributed by atoms with van der Waals surface area (Å²) in [5.74, 6) is 4.89. The number of nitrogens with two attached hydrogens (primary N) is 1. The Morgan fingerprint density at radius 1 is 1.43 bits per heavy atom. The van der Waals surface area contributed by atoms with Gasteiger partial charge in [-0.15, -0.1) is 0 Å². The van der Waals surface area contributed by atoms with E-state index in [9.17, 15) is 10.1 Å². The third-order valence-electron chi connectivity index (χ3n) is 1.48. The number of halogens is 2. The summed E-state index contributed by atoms with van der Waals surface area (Å²) in [5, 5.41) is 14.1. The zero-order chi connectivity index (χ0) is 10.7. The van der Waals surface area contributed by atoms with E-state index in [0.717, 1.165) is 12.3 Å². The van der Waals surface area contributed by atoms with E-state index in [-0.39, 0.29) is 21.3 Å². The van der Waals surface area contributed by atoms with Crippen molar-refractivity contribution in [1.29, 1.82) is 0 Å². The van der Waals surface area contributed by atoms with Gasteiger partial charge in [0.25, 0.3) is 5.69 Å². The van der Waals surface area contributed by atoms with E-state index in [1.54, 1.807) is 0 Å². The minimum Gasteiger partial charge on any atom is -0.323 e. The smallest absolute Gasteiger partial charge is 0.279 e. The van der Waals surface area contributed by atoms with Crippen LogP contribution < -0.4 is 5.84 Å². The second kappa shape index (κ2) is 4.26. The van der Waals surface area contributed by atoms with Crippen molar-refractivity contribution in [2.75, 3.05) is 0 Å². The molecule has 5 nitrogen and oxygen atoms in total.